The summed E-state index contributed by atoms with van der Waals surface area (Å²) in [6, 6.07) is 7.49. The van der Waals surface area contributed by atoms with Crippen LogP contribution in [-0.4, -0.2) is 27.0 Å². The van der Waals surface area contributed by atoms with E-state index < -0.39 is 20.7 Å². The standard InChI is InChI=1S/C17H19NO4S/c1-4-14(3)18-13-9-12-16(17(19)22-5-2)23(20,21)15-10-7-6-8-11-15/h1,6-14,18H,5H2,2-3H3. The molecule has 1 rings (SSSR count). The summed E-state index contributed by atoms with van der Waals surface area (Å²) in [7, 11) is -3.96. The summed E-state index contributed by atoms with van der Waals surface area (Å²) in [5.41, 5.74) is 0. The molecule has 0 heterocycles. The van der Waals surface area contributed by atoms with Crippen LogP contribution >= 0.6 is 0 Å². The predicted molar refractivity (Wildman–Crippen MR) is 88.9 cm³/mol. The Morgan fingerprint density at radius 3 is 2.61 bits per heavy atom. The number of allylic oxidation sites excluding steroid dienone is 2. The predicted octanol–water partition coefficient (Wildman–Crippen LogP) is 2.03. The second-order valence-corrected chi connectivity index (χ2v) is 6.40. The third kappa shape index (κ3) is 5.31. The van der Waals surface area contributed by atoms with Gasteiger partial charge >= 0.3 is 5.97 Å². The van der Waals surface area contributed by atoms with Crippen LogP contribution in [0.1, 0.15) is 13.8 Å². The van der Waals surface area contributed by atoms with E-state index in [0.717, 1.165) is 0 Å². The fourth-order valence-corrected chi connectivity index (χ4v) is 2.89. The van der Waals surface area contributed by atoms with Gasteiger partial charge in [0.25, 0.3) is 0 Å². The van der Waals surface area contributed by atoms with Crippen LogP contribution in [-0.2, 0) is 19.4 Å². The monoisotopic (exact) mass is 333 g/mol. The van der Waals surface area contributed by atoms with Gasteiger partial charge in [0.15, 0.2) is 4.91 Å². The summed E-state index contributed by atoms with van der Waals surface area (Å²) in [4.78, 5) is 11.6. The molecule has 1 atom stereocenters. The molecule has 23 heavy (non-hydrogen) atoms. The average molecular weight is 333 g/mol. The Labute approximate surface area is 137 Å². The van der Waals surface area contributed by atoms with Gasteiger partial charge in [-0.25, -0.2) is 13.2 Å². The number of terminal acetylenes is 1. The van der Waals surface area contributed by atoms with Gasteiger partial charge in [-0.3, -0.25) is 0 Å². The molecule has 0 aliphatic heterocycles. The first-order valence-corrected chi connectivity index (χ1v) is 8.48. The Morgan fingerprint density at radius 2 is 2.04 bits per heavy atom. The lowest BCUT2D eigenvalue weighted by molar-refractivity contribution is -0.137. The number of benzene rings is 1. The molecule has 1 aromatic carbocycles. The lowest BCUT2D eigenvalue weighted by Crippen LogP contribution is -2.18. The lowest BCUT2D eigenvalue weighted by Gasteiger charge is -2.08. The first-order valence-electron chi connectivity index (χ1n) is 6.99. The molecule has 0 radical (unpaired) electrons. The molecule has 0 bridgehead atoms. The Kier molecular flexibility index (Phi) is 7.10. The fourth-order valence-electron chi connectivity index (χ4n) is 1.58. The van der Waals surface area contributed by atoms with Gasteiger partial charge < -0.3 is 10.1 Å². The van der Waals surface area contributed by atoms with Crippen molar-refractivity contribution in [1.29, 1.82) is 0 Å². The van der Waals surface area contributed by atoms with Crippen molar-refractivity contribution in [3.63, 3.8) is 0 Å². The van der Waals surface area contributed by atoms with Crippen LogP contribution < -0.4 is 5.32 Å². The largest absolute Gasteiger partial charge is 0.462 e. The minimum atomic E-state index is -3.96. The van der Waals surface area contributed by atoms with E-state index in [1.807, 2.05) is 0 Å². The summed E-state index contributed by atoms with van der Waals surface area (Å²) >= 11 is 0. The molecule has 0 saturated heterocycles. The molecule has 1 aromatic rings. The van der Waals surface area contributed by atoms with E-state index in [1.54, 1.807) is 32.0 Å². The van der Waals surface area contributed by atoms with E-state index >= 15 is 0 Å². The number of ether oxygens (including phenoxy) is 1. The smallest absolute Gasteiger partial charge is 0.350 e. The van der Waals surface area contributed by atoms with Crippen molar-refractivity contribution in [3.8, 4) is 12.3 Å². The van der Waals surface area contributed by atoms with Crippen molar-refractivity contribution in [2.24, 2.45) is 0 Å². The summed E-state index contributed by atoms with van der Waals surface area (Å²) in [5.74, 6) is 1.56. The Hall–Kier alpha value is -2.52. The maximum absolute atomic E-state index is 12.6. The molecule has 6 heteroatoms. The first kappa shape index (κ1) is 18.5. The van der Waals surface area contributed by atoms with Gasteiger partial charge in [-0.15, -0.1) is 6.42 Å². The highest BCUT2D eigenvalue weighted by Gasteiger charge is 2.27. The number of carbonyl (C=O) groups is 1. The maximum Gasteiger partial charge on any atom is 0.350 e. The first-order chi connectivity index (χ1) is 10.9. The third-order valence-corrected chi connectivity index (χ3v) is 4.53. The summed E-state index contributed by atoms with van der Waals surface area (Å²) < 4.78 is 30.0. The Bertz CT molecular complexity index is 728. The van der Waals surface area contributed by atoms with Crippen LogP contribution in [0.5, 0.6) is 0 Å². The highest BCUT2D eigenvalue weighted by atomic mass is 32.2. The molecule has 0 aromatic heterocycles. The zero-order valence-electron chi connectivity index (χ0n) is 13.0. The molecule has 0 fully saturated rings. The molecular formula is C17H19NO4S. The molecular weight excluding hydrogens is 314 g/mol. The van der Waals surface area contributed by atoms with E-state index in [-0.39, 0.29) is 17.5 Å². The number of nitrogens with one attached hydrogen (secondary N) is 1. The molecule has 0 spiro atoms. The van der Waals surface area contributed by atoms with Gasteiger partial charge in [0.2, 0.25) is 9.84 Å². The topological polar surface area (TPSA) is 72.5 Å². The molecule has 122 valence electrons. The Balaban J connectivity index is 3.16. The highest BCUT2D eigenvalue weighted by Crippen LogP contribution is 2.20. The average Bonchev–Trinajstić information content (AvgIpc) is 2.55. The van der Waals surface area contributed by atoms with Gasteiger partial charge in [-0.2, -0.15) is 0 Å². The second kappa shape index (κ2) is 8.81. The zero-order valence-corrected chi connectivity index (χ0v) is 13.8. The van der Waals surface area contributed by atoms with Gasteiger partial charge in [0, 0.05) is 0 Å². The molecule has 0 aliphatic rings. The van der Waals surface area contributed by atoms with Crippen molar-refractivity contribution in [3.05, 3.63) is 53.6 Å². The van der Waals surface area contributed by atoms with E-state index in [1.165, 1.54) is 30.5 Å². The highest BCUT2D eigenvalue weighted by molar-refractivity contribution is 7.96. The van der Waals surface area contributed by atoms with Crippen molar-refractivity contribution in [2.75, 3.05) is 6.61 Å². The molecule has 5 nitrogen and oxygen atoms in total. The number of esters is 1. The van der Waals surface area contributed by atoms with Gasteiger partial charge in [-0.05, 0) is 44.3 Å². The van der Waals surface area contributed by atoms with Gasteiger partial charge in [0.1, 0.15) is 0 Å². The minimum Gasteiger partial charge on any atom is -0.462 e. The van der Waals surface area contributed by atoms with Crippen LogP contribution in [0.2, 0.25) is 0 Å². The lowest BCUT2D eigenvalue weighted by atomic mass is 10.3. The quantitative estimate of drug-likeness (QED) is 0.358. The normalized spacial score (nSPS) is 13.3. The number of hydrogen-bond acceptors (Lipinski definition) is 5. The molecule has 1 unspecified atom stereocenters. The SMILES string of the molecule is C#CC(C)NC=CC=C(C(=O)OCC)S(=O)(=O)c1ccccc1. The number of rotatable bonds is 7. The van der Waals surface area contributed by atoms with Crippen molar-refractivity contribution < 1.29 is 17.9 Å². The van der Waals surface area contributed by atoms with E-state index in [2.05, 4.69) is 11.2 Å². The minimum absolute atomic E-state index is 0.0256. The van der Waals surface area contributed by atoms with E-state index in [0.29, 0.717) is 0 Å². The van der Waals surface area contributed by atoms with E-state index in [4.69, 9.17) is 11.2 Å². The third-order valence-electron chi connectivity index (χ3n) is 2.76. The van der Waals surface area contributed by atoms with Crippen molar-refractivity contribution >= 4 is 15.8 Å². The summed E-state index contributed by atoms with van der Waals surface area (Å²) in [6.07, 6.45) is 9.29. The Morgan fingerprint density at radius 1 is 1.39 bits per heavy atom. The molecule has 0 amide bonds. The summed E-state index contributed by atoms with van der Waals surface area (Å²) in [5, 5.41) is 2.84. The zero-order chi connectivity index (χ0) is 17.3. The van der Waals surface area contributed by atoms with Crippen molar-refractivity contribution in [1.82, 2.24) is 5.32 Å². The van der Waals surface area contributed by atoms with Crippen molar-refractivity contribution in [2.45, 2.75) is 24.8 Å². The van der Waals surface area contributed by atoms with Gasteiger partial charge in [0.05, 0.1) is 17.5 Å². The van der Waals surface area contributed by atoms with Crippen LogP contribution in [0.4, 0.5) is 0 Å². The fraction of sp³-hybridized carbons (Fsp3) is 0.235. The van der Waals surface area contributed by atoms with Crippen LogP contribution in [0.3, 0.4) is 0 Å². The number of carbonyl (C=O) groups excluding carboxylic acids is 1. The molecule has 1 N–H and O–H groups in total. The van der Waals surface area contributed by atoms with Gasteiger partial charge in [-0.1, -0.05) is 24.1 Å². The second-order valence-electron chi connectivity index (χ2n) is 4.48. The molecule has 0 aliphatic carbocycles. The van der Waals surface area contributed by atoms with Crippen LogP contribution in [0, 0.1) is 12.3 Å². The summed E-state index contributed by atoms with van der Waals surface area (Å²) in [6.45, 7) is 3.45. The van der Waals surface area contributed by atoms with Crippen LogP contribution in [0.25, 0.3) is 0 Å². The maximum atomic E-state index is 12.6. The number of hydrogen-bond donors (Lipinski definition) is 1. The molecule has 0 saturated carbocycles. The number of sulfone groups is 1. The van der Waals surface area contributed by atoms with E-state index in [9.17, 15) is 13.2 Å². The van der Waals surface area contributed by atoms with Crippen LogP contribution in [0.15, 0.2) is 58.5 Å².